The molecular formula is C22H14BrF3N2O2. The monoisotopic (exact) mass is 474 g/mol. The zero-order valence-corrected chi connectivity index (χ0v) is 16.9. The highest BCUT2D eigenvalue weighted by Gasteiger charge is 2.30. The third-order valence-electron chi connectivity index (χ3n) is 4.46. The molecule has 0 radical (unpaired) electrons. The van der Waals surface area contributed by atoms with E-state index >= 15 is 0 Å². The number of hydrogen-bond acceptors (Lipinski definition) is 3. The Kier molecular flexibility index (Phi) is 5.34. The van der Waals surface area contributed by atoms with Crippen molar-refractivity contribution in [3.8, 4) is 17.1 Å². The summed E-state index contributed by atoms with van der Waals surface area (Å²) in [5.74, 6) is 0.688. The fraction of sp³-hybridized carbons (Fsp3) is 0.0909. The Balaban J connectivity index is 1.69. The number of hydrogen-bond donors (Lipinski definition) is 1. The van der Waals surface area contributed by atoms with Crippen molar-refractivity contribution in [3.05, 3.63) is 92.7 Å². The molecule has 0 saturated carbocycles. The molecule has 0 bridgehead atoms. The van der Waals surface area contributed by atoms with Gasteiger partial charge in [0, 0.05) is 4.47 Å². The smallest absolute Gasteiger partial charge is 0.416 e. The molecule has 1 aromatic heterocycles. The van der Waals surface area contributed by atoms with Gasteiger partial charge >= 0.3 is 6.18 Å². The summed E-state index contributed by atoms with van der Waals surface area (Å²) < 4.78 is 45.4. The van der Waals surface area contributed by atoms with Crippen LogP contribution >= 0.6 is 15.9 Å². The zero-order chi connectivity index (χ0) is 21.3. The molecule has 152 valence electrons. The van der Waals surface area contributed by atoms with Gasteiger partial charge in [-0.25, -0.2) is 4.98 Å². The summed E-state index contributed by atoms with van der Waals surface area (Å²) >= 11 is 3.39. The number of aromatic amines is 1. The number of benzene rings is 3. The van der Waals surface area contributed by atoms with Crippen molar-refractivity contribution in [2.75, 3.05) is 0 Å². The molecule has 8 heteroatoms. The highest BCUT2D eigenvalue weighted by Crippen LogP contribution is 2.33. The van der Waals surface area contributed by atoms with Crippen LogP contribution in [0.1, 0.15) is 11.1 Å². The molecule has 4 aromatic rings. The molecule has 0 saturated heterocycles. The number of alkyl halides is 3. The van der Waals surface area contributed by atoms with Crippen LogP contribution in [-0.2, 0) is 12.8 Å². The lowest BCUT2D eigenvalue weighted by Crippen LogP contribution is -2.10. The van der Waals surface area contributed by atoms with Gasteiger partial charge in [0.05, 0.1) is 22.0 Å². The third-order valence-corrected chi connectivity index (χ3v) is 4.95. The van der Waals surface area contributed by atoms with E-state index < -0.39 is 11.7 Å². The van der Waals surface area contributed by atoms with Crippen molar-refractivity contribution in [2.24, 2.45) is 0 Å². The molecule has 0 aliphatic carbocycles. The van der Waals surface area contributed by atoms with Crippen molar-refractivity contribution in [2.45, 2.75) is 12.8 Å². The highest BCUT2D eigenvalue weighted by molar-refractivity contribution is 9.10. The van der Waals surface area contributed by atoms with Crippen LogP contribution in [0.3, 0.4) is 0 Å². The topological polar surface area (TPSA) is 55.0 Å². The van der Waals surface area contributed by atoms with Crippen LogP contribution in [0, 0.1) is 0 Å². The summed E-state index contributed by atoms with van der Waals surface area (Å²) in [4.78, 5) is 19.7. The van der Waals surface area contributed by atoms with E-state index in [1.165, 1.54) is 6.07 Å². The van der Waals surface area contributed by atoms with Crippen LogP contribution in [0.5, 0.6) is 5.75 Å². The van der Waals surface area contributed by atoms with Crippen molar-refractivity contribution < 1.29 is 17.9 Å². The number of nitrogens with one attached hydrogen (secondary N) is 1. The molecule has 1 N–H and O–H groups in total. The van der Waals surface area contributed by atoms with E-state index in [2.05, 4.69) is 25.9 Å². The predicted molar refractivity (Wildman–Crippen MR) is 111 cm³/mol. The number of ether oxygens (including phenoxy) is 1. The van der Waals surface area contributed by atoms with Gasteiger partial charge in [0.2, 0.25) is 0 Å². The number of para-hydroxylation sites is 1. The average molecular weight is 475 g/mol. The molecule has 0 aliphatic rings. The lowest BCUT2D eigenvalue weighted by atomic mass is 10.1. The Labute approximate surface area is 177 Å². The lowest BCUT2D eigenvalue weighted by molar-refractivity contribution is -0.137. The Morgan fingerprint density at radius 1 is 1.00 bits per heavy atom. The average Bonchev–Trinajstić information content (AvgIpc) is 2.72. The lowest BCUT2D eigenvalue weighted by Gasteiger charge is -2.13. The van der Waals surface area contributed by atoms with E-state index in [4.69, 9.17) is 4.74 Å². The molecule has 0 aliphatic heterocycles. The molecule has 0 spiro atoms. The second kappa shape index (κ2) is 7.95. The van der Waals surface area contributed by atoms with Crippen LogP contribution in [0.25, 0.3) is 22.3 Å². The second-order valence-electron chi connectivity index (χ2n) is 6.56. The summed E-state index contributed by atoms with van der Waals surface area (Å²) in [5, 5.41) is 0.461. The number of H-pyrrole nitrogens is 1. The summed E-state index contributed by atoms with van der Waals surface area (Å²) in [5.41, 5.74) is 0.387. The first-order valence-electron chi connectivity index (χ1n) is 8.89. The standard InChI is InChI=1S/C22H14BrF3N2O2/c23-15-8-9-19(30-12-13-4-3-5-14(10-13)22(24,25)26)17(11-15)20-27-18-7-2-1-6-16(18)21(29)28-20/h1-11H,12H2,(H,27,28,29). The first kappa shape index (κ1) is 20.2. The fourth-order valence-electron chi connectivity index (χ4n) is 3.03. The van der Waals surface area contributed by atoms with Crippen LogP contribution in [0.2, 0.25) is 0 Å². The van der Waals surface area contributed by atoms with Gasteiger partial charge in [-0.3, -0.25) is 4.79 Å². The summed E-state index contributed by atoms with van der Waals surface area (Å²) in [6.07, 6.45) is -4.42. The van der Waals surface area contributed by atoms with Crippen LogP contribution in [0.4, 0.5) is 13.2 Å². The minimum atomic E-state index is -4.42. The van der Waals surface area contributed by atoms with E-state index in [0.29, 0.717) is 33.6 Å². The fourth-order valence-corrected chi connectivity index (χ4v) is 3.39. The van der Waals surface area contributed by atoms with Crippen LogP contribution in [-0.4, -0.2) is 9.97 Å². The molecule has 1 heterocycles. The molecule has 0 unspecified atom stereocenters. The molecule has 4 nitrogen and oxygen atoms in total. The maximum atomic E-state index is 12.9. The van der Waals surface area contributed by atoms with Gasteiger partial charge in [-0.05, 0) is 48.0 Å². The molecule has 3 aromatic carbocycles. The number of halogens is 4. The normalized spacial score (nSPS) is 11.6. The van der Waals surface area contributed by atoms with Gasteiger partial charge in [0.25, 0.3) is 5.56 Å². The number of aromatic nitrogens is 2. The number of nitrogens with zero attached hydrogens (tertiary/aromatic N) is 1. The Morgan fingerprint density at radius 2 is 1.80 bits per heavy atom. The van der Waals surface area contributed by atoms with Gasteiger partial charge < -0.3 is 9.72 Å². The molecule has 0 atom stereocenters. The number of rotatable bonds is 4. The van der Waals surface area contributed by atoms with E-state index in [1.807, 2.05) is 0 Å². The maximum Gasteiger partial charge on any atom is 0.416 e. The van der Waals surface area contributed by atoms with Crippen molar-refractivity contribution in [1.29, 1.82) is 0 Å². The predicted octanol–water partition coefficient (Wildman–Crippen LogP) is 5.95. The summed E-state index contributed by atoms with van der Waals surface area (Å²) in [6.45, 7) is -0.0730. The van der Waals surface area contributed by atoms with Gasteiger partial charge in [-0.15, -0.1) is 0 Å². The number of fused-ring (bicyclic) bond motifs is 1. The van der Waals surface area contributed by atoms with Gasteiger partial charge in [0.1, 0.15) is 18.2 Å². The Hall–Kier alpha value is -3.13. The third kappa shape index (κ3) is 4.23. The molecule has 0 amide bonds. The molecule has 4 rings (SSSR count). The minimum absolute atomic E-state index is 0.0730. The van der Waals surface area contributed by atoms with E-state index in [-0.39, 0.29) is 12.2 Å². The van der Waals surface area contributed by atoms with E-state index in [1.54, 1.807) is 48.5 Å². The van der Waals surface area contributed by atoms with Crippen molar-refractivity contribution in [3.63, 3.8) is 0 Å². The first-order valence-corrected chi connectivity index (χ1v) is 9.68. The molecule has 30 heavy (non-hydrogen) atoms. The minimum Gasteiger partial charge on any atom is -0.488 e. The van der Waals surface area contributed by atoms with Crippen LogP contribution in [0.15, 0.2) is 76.0 Å². The first-order chi connectivity index (χ1) is 14.3. The summed E-state index contributed by atoms with van der Waals surface area (Å²) in [6, 6.07) is 17.0. The highest BCUT2D eigenvalue weighted by atomic mass is 79.9. The summed E-state index contributed by atoms with van der Waals surface area (Å²) in [7, 11) is 0. The Bertz CT molecular complexity index is 1290. The zero-order valence-electron chi connectivity index (χ0n) is 15.3. The van der Waals surface area contributed by atoms with Crippen molar-refractivity contribution in [1.82, 2.24) is 9.97 Å². The second-order valence-corrected chi connectivity index (χ2v) is 7.47. The van der Waals surface area contributed by atoms with E-state index in [9.17, 15) is 18.0 Å². The van der Waals surface area contributed by atoms with Gasteiger partial charge in [-0.2, -0.15) is 13.2 Å². The quantitative estimate of drug-likeness (QED) is 0.397. The van der Waals surface area contributed by atoms with Crippen LogP contribution < -0.4 is 10.3 Å². The molecular weight excluding hydrogens is 461 g/mol. The largest absolute Gasteiger partial charge is 0.488 e. The Morgan fingerprint density at radius 3 is 2.60 bits per heavy atom. The SMILES string of the molecule is O=c1[nH]c(-c2cc(Br)ccc2OCc2cccc(C(F)(F)F)c2)nc2ccccc12. The van der Waals surface area contributed by atoms with Crippen molar-refractivity contribution >= 4 is 26.8 Å². The van der Waals surface area contributed by atoms with E-state index in [0.717, 1.165) is 16.6 Å². The van der Waals surface area contributed by atoms with Gasteiger partial charge in [-0.1, -0.05) is 40.2 Å². The van der Waals surface area contributed by atoms with Gasteiger partial charge in [0.15, 0.2) is 0 Å². The maximum absolute atomic E-state index is 12.9. The molecule has 0 fully saturated rings.